The van der Waals surface area contributed by atoms with Crippen LogP contribution in [0.4, 0.5) is 0 Å². The fourth-order valence-electron chi connectivity index (χ4n) is 2.94. The number of hydrogen-bond donors (Lipinski definition) is 1. The van der Waals surface area contributed by atoms with E-state index in [1.807, 2.05) is 43.1 Å². The number of aryl methyl sites for hydroxylation is 2. The zero-order chi connectivity index (χ0) is 15.5. The fraction of sp³-hybridized carbons (Fsp3) is 0.412. The van der Waals surface area contributed by atoms with Crippen molar-refractivity contribution >= 4 is 5.91 Å². The Morgan fingerprint density at radius 1 is 1.55 bits per heavy atom. The van der Waals surface area contributed by atoms with Crippen LogP contribution in [0.5, 0.6) is 0 Å². The molecule has 1 aliphatic heterocycles. The van der Waals surface area contributed by atoms with E-state index in [2.05, 4.69) is 10.3 Å². The molecule has 2 aromatic heterocycles. The summed E-state index contributed by atoms with van der Waals surface area (Å²) in [5.74, 6) is 1.28. The van der Waals surface area contributed by atoms with Crippen LogP contribution in [0.2, 0.25) is 0 Å². The average molecular weight is 299 g/mol. The zero-order valence-corrected chi connectivity index (χ0v) is 13.0. The first-order valence-corrected chi connectivity index (χ1v) is 7.71. The van der Waals surface area contributed by atoms with Crippen molar-refractivity contribution in [2.24, 2.45) is 0 Å². The van der Waals surface area contributed by atoms with Crippen LogP contribution in [-0.2, 0) is 6.42 Å². The maximum Gasteiger partial charge on any atom is 0.290 e. The molecule has 1 aliphatic rings. The molecule has 2 aromatic rings. The lowest BCUT2D eigenvalue weighted by Crippen LogP contribution is -2.48. The number of amides is 1. The molecule has 1 saturated heterocycles. The number of furan rings is 1. The van der Waals surface area contributed by atoms with Crippen molar-refractivity contribution in [2.75, 3.05) is 19.6 Å². The molecule has 22 heavy (non-hydrogen) atoms. The molecule has 5 nitrogen and oxygen atoms in total. The van der Waals surface area contributed by atoms with E-state index < -0.39 is 0 Å². The van der Waals surface area contributed by atoms with Gasteiger partial charge in [-0.3, -0.25) is 9.78 Å². The molecule has 5 heteroatoms. The van der Waals surface area contributed by atoms with Crippen LogP contribution in [0.3, 0.4) is 0 Å². The third-order valence-corrected chi connectivity index (χ3v) is 4.13. The number of nitrogens with one attached hydrogen (secondary N) is 1. The van der Waals surface area contributed by atoms with Crippen molar-refractivity contribution in [3.63, 3.8) is 0 Å². The SMILES string of the molecule is CCc1oc(C(=O)N2CCNCC2c2cccnc2)cc1C. The zero-order valence-electron chi connectivity index (χ0n) is 13.0. The molecular formula is C17H21N3O2. The minimum Gasteiger partial charge on any atom is -0.456 e. The van der Waals surface area contributed by atoms with Gasteiger partial charge >= 0.3 is 0 Å². The Labute approximate surface area is 130 Å². The van der Waals surface area contributed by atoms with E-state index in [0.29, 0.717) is 12.3 Å². The van der Waals surface area contributed by atoms with Crippen LogP contribution in [0.15, 0.2) is 35.0 Å². The summed E-state index contributed by atoms with van der Waals surface area (Å²) in [6, 6.07) is 5.75. The van der Waals surface area contributed by atoms with Crippen molar-refractivity contribution in [3.05, 3.63) is 53.2 Å². The summed E-state index contributed by atoms with van der Waals surface area (Å²) in [4.78, 5) is 18.9. The Balaban J connectivity index is 1.88. The lowest BCUT2D eigenvalue weighted by molar-refractivity contribution is 0.0599. The van der Waals surface area contributed by atoms with Gasteiger partial charge in [0.05, 0.1) is 6.04 Å². The van der Waals surface area contributed by atoms with Crippen LogP contribution < -0.4 is 5.32 Å². The summed E-state index contributed by atoms with van der Waals surface area (Å²) in [7, 11) is 0. The van der Waals surface area contributed by atoms with Crippen molar-refractivity contribution in [3.8, 4) is 0 Å². The molecule has 1 atom stereocenters. The third kappa shape index (κ3) is 2.76. The van der Waals surface area contributed by atoms with Crippen LogP contribution >= 0.6 is 0 Å². The van der Waals surface area contributed by atoms with Crippen LogP contribution in [0.25, 0.3) is 0 Å². The van der Waals surface area contributed by atoms with E-state index in [9.17, 15) is 4.79 Å². The molecule has 3 rings (SSSR count). The average Bonchev–Trinajstić information content (AvgIpc) is 2.96. The fourth-order valence-corrected chi connectivity index (χ4v) is 2.94. The Morgan fingerprint density at radius 3 is 3.09 bits per heavy atom. The highest BCUT2D eigenvalue weighted by Gasteiger charge is 2.30. The molecule has 116 valence electrons. The number of aromatic nitrogens is 1. The van der Waals surface area contributed by atoms with E-state index in [1.54, 1.807) is 6.20 Å². The number of pyridine rings is 1. The number of nitrogens with zero attached hydrogens (tertiary/aromatic N) is 2. The van der Waals surface area contributed by atoms with Gasteiger partial charge in [0.15, 0.2) is 5.76 Å². The van der Waals surface area contributed by atoms with Gasteiger partial charge < -0.3 is 14.6 Å². The first-order chi connectivity index (χ1) is 10.7. The molecule has 0 bridgehead atoms. The Hall–Kier alpha value is -2.14. The van der Waals surface area contributed by atoms with E-state index in [0.717, 1.165) is 36.4 Å². The molecule has 0 saturated carbocycles. The second kappa shape index (κ2) is 6.32. The number of carbonyl (C=O) groups excluding carboxylic acids is 1. The van der Waals surface area contributed by atoms with Gasteiger partial charge in [-0.1, -0.05) is 13.0 Å². The molecule has 1 unspecified atom stereocenters. The van der Waals surface area contributed by atoms with Crippen molar-refractivity contribution < 1.29 is 9.21 Å². The molecule has 1 amide bonds. The summed E-state index contributed by atoms with van der Waals surface area (Å²) in [5, 5.41) is 3.35. The molecule has 0 aromatic carbocycles. The van der Waals surface area contributed by atoms with E-state index in [-0.39, 0.29) is 11.9 Å². The van der Waals surface area contributed by atoms with Crippen LogP contribution in [-0.4, -0.2) is 35.4 Å². The number of carbonyl (C=O) groups is 1. The first-order valence-electron chi connectivity index (χ1n) is 7.71. The highest BCUT2D eigenvalue weighted by Crippen LogP contribution is 2.25. The molecule has 0 spiro atoms. The lowest BCUT2D eigenvalue weighted by Gasteiger charge is -2.35. The molecular weight excluding hydrogens is 278 g/mol. The van der Waals surface area contributed by atoms with E-state index in [1.165, 1.54) is 0 Å². The summed E-state index contributed by atoms with van der Waals surface area (Å²) in [5.41, 5.74) is 2.08. The molecule has 1 fully saturated rings. The normalized spacial score (nSPS) is 18.5. The molecule has 0 radical (unpaired) electrons. The van der Waals surface area contributed by atoms with Crippen LogP contribution in [0, 0.1) is 6.92 Å². The predicted molar refractivity (Wildman–Crippen MR) is 83.7 cm³/mol. The van der Waals surface area contributed by atoms with Crippen molar-refractivity contribution in [2.45, 2.75) is 26.3 Å². The summed E-state index contributed by atoms with van der Waals surface area (Å²) >= 11 is 0. The van der Waals surface area contributed by atoms with Crippen molar-refractivity contribution in [1.29, 1.82) is 0 Å². The van der Waals surface area contributed by atoms with Gasteiger partial charge in [0.1, 0.15) is 5.76 Å². The van der Waals surface area contributed by atoms with Gasteiger partial charge in [0, 0.05) is 38.4 Å². The quantitative estimate of drug-likeness (QED) is 0.945. The van der Waals surface area contributed by atoms with Gasteiger partial charge in [-0.25, -0.2) is 0 Å². The number of hydrogen-bond acceptors (Lipinski definition) is 4. The minimum atomic E-state index is -0.0434. The topological polar surface area (TPSA) is 58.4 Å². The van der Waals surface area contributed by atoms with Crippen molar-refractivity contribution in [1.82, 2.24) is 15.2 Å². The van der Waals surface area contributed by atoms with Gasteiger partial charge in [-0.2, -0.15) is 0 Å². The first kappa shape index (κ1) is 14.8. The Morgan fingerprint density at radius 2 is 2.41 bits per heavy atom. The second-order valence-corrected chi connectivity index (χ2v) is 5.58. The Bertz CT molecular complexity index is 651. The molecule has 3 heterocycles. The predicted octanol–water partition coefficient (Wildman–Crippen LogP) is 2.33. The largest absolute Gasteiger partial charge is 0.456 e. The van der Waals surface area contributed by atoms with Gasteiger partial charge in [0.2, 0.25) is 0 Å². The van der Waals surface area contributed by atoms with Crippen LogP contribution in [0.1, 0.15) is 40.4 Å². The van der Waals surface area contributed by atoms with E-state index >= 15 is 0 Å². The standard InChI is InChI=1S/C17H21N3O2/c1-3-15-12(2)9-16(22-15)17(21)20-8-7-19-11-14(20)13-5-4-6-18-10-13/h4-6,9-10,14,19H,3,7-8,11H2,1-2H3. The highest BCUT2D eigenvalue weighted by atomic mass is 16.4. The maximum atomic E-state index is 12.8. The van der Waals surface area contributed by atoms with Gasteiger partial charge in [-0.05, 0) is 30.2 Å². The summed E-state index contributed by atoms with van der Waals surface area (Å²) in [6.45, 7) is 6.21. The summed E-state index contributed by atoms with van der Waals surface area (Å²) < 4.78 is 5.74. The smallest absolute Gasteiger partial charge is 0.290 e. The maximum absolute atomic E-state index is 12.8. The number of piperazine rings is 1. The van der Waals surface area contributed by atoms with Gasteiger partial charge in [-0.15, -0.1) is 0 Å². The number of rotatable bonds is 3. The minimum absolute atomic E-state index is 0.00886. The monoisotopic (exact) mass is 299 g/mol. The van der Waals surface area contributed by atoms with Gasteiger partial charge in [0.25, 0.3) is 5.91 Å². The molecule has 1 N–H and O–H groups in total. The second-order valence-electron chi connectivity index (χ2n) is 5.58. The summed E-state index contributed by atoms with van der Waals surface area (Å²) in [6.07, 6.45) is 4.37. The third-order valence-electron chi connectivity index (χ3n) is 4.13. The highest BCUT2D eigenvalue weighted by molar-refractivity contribution is 5.92. The Kier molecular flexibility index (Phi) is 4.24. The lowest BCUT2D eigenvalue weighted by atomic mass is 10.0. The molecule has 0 aliphatic carbocycles. The van der Waals surface area contributed by atoms with E-state index in [4.69, 9.17) is 4.42 Å².